The first kappa shape index (κ1) is 12.9. The van der Waals surface area contributed by atoms with Crippen molar-refractivity contribution >= 4 is 17.4 Å². The zero-order chi connectivity index (χ0) is 5.11. The second-order valence-corrected chi connectivity index (χ2v) is 2.29. The van der Waals surface area contributed by atoms with Crippen molar-refractivity contribution in [2.75, 3.05) is 0 Å². The van der Waals surface area contributed by atoms with Gasteiger partial charge in [0, 0.05) is 0 Å². The van der Waals surface area contributed by atoms with Crippen LogP contribution in [0.25, 0.3) is 0 Å². The first-order valence-corrected chi connectivity index (χ1v) is 3.07. The molecule has 9 heavy (non-hydrogen) atoms. The minimum absolute atomic E-state index is 0. The van der Waals surface area contributed by atoms with Crippen LogP contribution in [0.4, 0.5) is 0 Å². The molecule has 1 N–H and O–H groups in total. The van der Waals surface area contributed by atoms with Gasteiger partial charge >= 0.3 is 17.4 Å². The number of aliphatic hydroxyl groups is 1. The molecule has 1 saturated carbocycles. The van der Waals surface area contributed by atoms with E-state index in [1.807, 2.05) is 0 Å². The second-order valence-electron chi connectivity index (χ2n) is 2.29. The Bertz CT molecular complexity index is 55.0. The minimum atomic E-state index is 0. The van der Waals surface area contributed by atoms with Crippen LogP contribution in [0.5, 0.6) is 0 Å². The number of aliphatic hydroxyl groups excluding tert-OH is 1. The van der Waals surface area contributed by atoms with Gasteiger partial charge in [0.15, 0.2) is 0 Å². The molecule has 1 nitrogen and oxygen atoms in total. The average molecular weight is 254 g/mol. The number of halogens is 1. The van der Waals surface area contributed by atoms with Gasteiger partial charge in [0.2, 0.25) is 0 Å². The van der Waals surface area contributed by atoms with Gasteiger partial charge in [-0.2, -0.15) is 0 Å². The van der Waals surface area contributed by atoms with Gasteiger partial charge in [-0.1, -0.05) is 19.3 Å². The van der Waals surface area contributed by atoms with E-state index in [0.29, 0.717) is 0 Å². The van der Waals surface area contributed by atoms with Crippen molar-refractivity contribution in [2.45, 2.75) is 38.2 Å². The molecule has 3 heteroatoms. The van der Waals surface area contributed by atoms with Crippen molar-refractivity contribution in [3.8, 4) is 0 Å². The summed E-state index contributed by atoms with van der Waals surface area (Å²) in [6.45, 7) is 0. The predicted molar refractivity (Wildman–Crippen MR) is 34.8 cm³/mol. The van der Waals surface area contributed by atoms with Crippen molar-refractivity contribution in [1.82, 2.24) is 0 Å². The summed E-state index contributed by atoms with van der Waals surface area (Å²) in [5, 5.41) is 8.91. The Kier molecular flexibility index (Phi) is 10.5. The van der Waals surface area contributed by atoms with Crippen molar-refractivity contribution in [1.29, 1.82) is 0 Å². The molecule has 1 fully saturated rings. The van der Waals surface area contributed by atoms with Crippen LogP contribution in [0.1, 0.15) is 32.1 Å². The average Bonchev–Trinajstić information content (AvgIpc) is 1.69. The first-order valence-electron chi connectivity index (χ1n) is 3.07. The van der Waals surface area contributed by atoms with Crippen LogP contribution < -0.4 is 24.0 Å². The van der Waals surface area contributed by atoms with E-state index in [1.165, 1.54) is 19.3 Å². The van der Waals surface area contributed by atoms with Crippen molar-refractivity contribution in [2.24, 2.45) is 0 Å². The summed E-state index contributed by atoms with van der Waals surface area (Å²) >= 11 is 0. The Labute approximate surface area is 84.4 Å². The summed E-state index contributed by atoms with van der Waals surface area (Å²) in [6.07, 6.45) is 5.92. The molecule has 0 unspecified atom stereocenters. The summed E-state index contributed by atoms with van der Waals surface area (Å²) in [4.78, 5) is 0. The van der Waals surface area contributed by atoms with Crippen molar-refractivity contribution in [3.63, 3.8) is 0 Å². The predicted octanol–water partition coefficient (Wildman–Crippen LogP) is -2.07. The van der Waals surface area contributed by atoms with Gasteiger partial charge in [0.1, 0.15) is 0 Å². The minimum Gasteiger partial charge on any atom is -1.00 e. The monoisotopic (exact) mass is 254 g/mol. The summed E-state index contributed by atoms with van der Waals surface area (Å²) in [6, 6.07) is 0. The van der Waals surface area contributed by atoms with Crippen LogP contribution >= 0.6 is 0 Å². The van der Waals surface area contributed by atoms with E-state index >= 15 is 0 Å². The molecule has 0 atom stereocenters. The number of hydrogen-bond donors (Lipinski definition) is 1. The number of rotatable bonds is 0. The van der Waals surface area contributed by atoms with Crippen LogP contribution in [-0.2, 0) is 0 Å². The van der Waals surface area contributed by atoms with Gasteiger partial charge in [-0.05, 0) is 12.8 Å². The second kappa shape index (κ2) is 7.33. The first-order chi connectivity index (χ1) is 3.39. The Morgan fingerprint density at radius 2 is 1.44 bits per heavy atom. The molecular weight excluding hydrogens is 242 g/mol. The van der Waals surface area contributed by atoms with E-state index < -0.39 is 0 Å². The van der Waals surface area contributed by atoms with E-state index in [2.05, 4.69) is 0 Å². The number of hydrogen-bond acceptors (Lipinski definition) is 1. The normalized spacial score (nSPS) is 19.7. The molecule has 0 spiro atoms. The SMILES string of the molecule is OC1CCCCC1.[Al+3].[I-]. The molecule has 0 aliphatic heterocycles. The van der Waals surface area contributed by atoms with Gasteiger partial charge in [-0.3, -0.25) is 0 Å². The van der Waals surface area contributed by atoms with Crippen molar-refractivity contribution in [3.05, 3.63) is 0 Å². The maximum absolute atomic E-state index is 8.91. The maximum atomic E-state index is 8.91. The van der Waals surface area contributed by atoms with Crippen molar-refractivity contribution < 1.29 is 29.1 Å². The Hall–Kier alpha value is 1.22. The fourth-order valence-electron chi connectivity index (χ4n) is 1.08. The molecule has 0 aromatic rings. The van der Waals surface area contributed by atoms with Gasteiger partial charge in [0.05, 0.1) is 6.10 Å². The molecule has 0 aromatic carbocycles. The smallest absolute Gasteiger partial charge is 1.00 e. The summed E-state index contributed by atoms with van der Waals surface area (Å²) in [5.74, 6) is 0. The third-order valence-electron chi connectivity index (χ3n) is 1.57. The van der Waals surface area contributed by atoms with Gasteiger partial charge in [0.25, 0.3) is 0 Å². The molecule has 0 aromatic heterocycles. The van der Waals surface area contributed by atoms with Crippen LogP contribution in [0.2, 0.25) is 0 Å². The molecule has 1 aliphatic rings. The third-order valence-corrected chi connectivity index (χ3v) is 1.57. The van der Waals surface area contributed by atoms with Gasteiger partial charge in [-0.25, -0.2) is 0 Å². The molecule has 0 saturated heterocycles. The van der Waals surface area contributed by atoms with Crippen LogP contribution in [0, 0.1) is 0 Å². The fraction of sp³-hybridized carbons (Fsp3) is 1.00. The third kappa shape index (κ3) is 5.66. The quantitative estimate of drug-likeness (QED) is 0.389. The van der Waals surface area contributed by atoms with Gasteiger partial charge in [-0.15, -0.1) is 0 Å². The zero-order valence-electron chi connectivity index (χ0n) is 5.52. The molecule has 1 rings (SSSR count). The molecule has 0 amide bonds. The standard InChI is InChI=1S/C6H12O.Al.HI/c7-6-4-2-1-3-5-6;;/h6-7H,1-5H2;;1H/q;+3;/p-1. The Balaban J connectivity index is 0. The summed E-state index contributed by atoms with van der Waals surface area (Å²) < 4.78 is 0. The zero-order valence-corrected chi connectivity index (χ0v) is 8.83. The Morgan fingerprint density at radius 3 is 1.67 bits per heavy atom. The maximum Gasteiger partial charge on any atom is 3.00 e. The largest absolute Gasteiger partial charge is 3.00 e. The summed E-state index contributed by atoms with van der Waals surface area (Å²) in [7, 11) is 0. The molecule has 1 aliphatic carbocycles. The van der Waals surface area contributed by atoms with E-state index in [1.54, 1.807) is 0 Å². The summed E-state index contributed by atoms with van der Waals surface area (Å²) in [5.41, 5.74) is 0. The van der Waals surface area contributed by atoms with Crippen LogP contribution in [0.3, 0.4) is 0 Å². The Morgan fingerprint density at radius 1 is 1.00 bits per heavy atom. The van der Waals surface area contributed by atoms with E-state index in [9.17, 15) is 0 Å². The van der Waals surface area contributed by atoms with Crippen LogP contribution in [0.15, 0.2) is 0 Å². The molecule has 0 radical (unpaired) electrons. The van der Waals surface area contributed by atoms with Crippen LogP contribution in [-0.4, -0.2) is 28.6 Å². The topological polar surface area (TPSA) is 20.2 Å². The molecule has 50 valence electrons. The van der Waals surface area contributed by atoms with E-state index in [-0.39, 0.29) is 47.4 Å². The van der Waals surface area contributed by atoms with E-state index in [4.69, 9.17) is 5.11 Å². The molecule has 0 heterocycles. The molecule has 0 bridgehead atoms. The van der Waals surface area contributed by atoms with Gasteiger partial charge < -0.3 is 29.1 Å². The molecular formula is C6H12AlIO+2. The van der Waals surface area contributed by atoms with E-state index in [0.717, 1.165) is 12.8 Å². The fourth-order valence-corrected chi connectivity index (χ4v) is 1.08.